The van der Waals surface area contributed by atoms with Crippen LogP contribution in [0, 0.1) is 0 Å². The van der Waals surface area contributed by atoms with Crippen LogP contribution in [-0.2, 0) is 22.9 Å². The lowest BCUT2D eigenvalue weighted by atomic mass is 9.69. The van der Waals surface area contributed by atoms with Gasteiger partial charge in [0.1, 0.15) is 0 Å². The van der Waals surface area contributed by atoms with Gasteiger partial charge in [-0.05, 0) is 56.0 Å². The average molecular weight is 583 g/mol. The molecule has 0 aliphatic carbocycles. The number of piperidine rings is 1. The molecule has 1 unspecified atom stereocenters. The predicted molar refractivity (Wildman–Crippen MR) is 149 cm³/mol. The van der Waals surface area contributed by atoms with Gasteiger partial charge in [0.05, 0.1) is 42.4 Å². The summed E-state index contributed by atoms with van der Waals surface area (Å²) >= 11 is 0. The molecule has 1 N–H and O–H groups in total. The van der Waals surface area contributed by atoms with Gasteiger partial charge in [-0.25, -0.2) is 9.97 Å². The Hall–Kier alpha value is -3.93. The van der Waals surface area contributed by atoms with Crippen LogP contribution in [-0.4, -0.2) is 71.7 Å². The van der Waals surface area contributed by atoms with E-state index in [0.29, 0.717) is 64.5 Å². The third-order valence-corrected chi connectivity index (χ3v) is 8.58. The van der Waals surface area contributed by atoms with Crippen LogP contribution in [0.2, 0.25) is 0 Å². The SMILES string of the molecule is CCOc1ncccc1-c1ccc2c(n1)CN(C1CCNC1=O)CC21CCN(c2ccc(OC)nc2C(F)(F)F)CC1. The molecule has 0 bridgehead atoms. The Labute approximate surface area is 242 Å². The quantitative estimate of drug-likeness (QED) is 0.463. The average Bonchev–Trinajstić information content (AvgIpc) is 3.43. The molecule has 1 amide bonds. The molecule has 0 radical (unpaired) electrons. The van der Waals surface area contributed by atoms with Crippen molar-refractivity contribution >= 4 is 11.6 Å². The number of carbonyl (C=O) groups excluding carboxylic acids is 1. The first-order valence-corrected chi connectivity index (χ1v) is 14.2. The van der Waals surface area contributed by atoms with Gasteiger partial charge in [-0.15, -0.1) is 0 Å². The number of pyridine rings is 3. The van der Waals surface area contributed by atoms with Crippen molar-refractivity contribution in [3.05, 3.63) is 59.5 Å². The Kier molecular flexibility index (Phi) is 7.42. The maximum absolute atomic E-state index is 14.0. The summed E-state index contributed by atoms with van der Waals surface area (Å²) in [6.45, 7) is 4.95. The topological polar surface area (TPSA) is 92.7 Å². The van der Waals surface area contributed by atoms with Crippen molar-refractivity contribution in [1.29, 1.82) is 0 Å². The van der Waals surface area contributed by atoms with E-state index in [2.05, 4.69) is 26.3 Å². The van der Waals surface area contributed by atoms with Crippen LogP contribution in [0.4, 0.5) is 18.9 Å². The number of aromatic nitrogens is 3. The number of nitrogens with one attached hydrogen (secondary N) is 1. The number of ether oxygens (including phenoxy) is 2. The molecule has 9 nitrogen and oxygen atoms in total. The first-order valence-electron chi connectivity index (χ1n) is 14.2. The first-order chi connectivity index (χ1) is 20.2. The van der Waals surface area contributed by atoms with E-state index < -0.39 is 11.9 Å². The summed E-state index contributed by atoms with van der Waals surface area (Å²) in [5, 5.41) is 2.94. The van der Waals surface area contributed by atoms with Gasteiger partial charge >= 0.3 is 6.18 Å². The number of fused-ring (bicyclic) bond motifs is 2. The van der Waals surface area contributed by atoms with E-state index in [1.165, 1.54) is 19.2 Å². The van der Waals surface area contributed by atoms with Gasteiger partial charge in [0.15, 0.2) is 5.69 Å². The zero-order valence-corrected chi connectivity index (χ0v) is 23.6. The Morgan fingerprint density at radius 1 is 1.12 bits per heavy atom. The van der Waals surface area contributed by atoms with Crippen molar-refractivity contribution in [3.8, 4) is 23.0 Å². The highest BCUT2D eigenvalue weighted by atomic mass is 19.4. The number of hydrogen-bond acceptors (Lipinski definition) is 8. The molecular weight excluding hydrogens is 549 g/mol. The molecule has 0 saturated carbocycles. The summed E-state index contributed by atoms with van der Waals surface area (Å²) in [6.07, 6.45) is -1.02. The van der Waals surface area contributed by atoms with Gasteiger partial charge in [-0.3, -0.25) is 14.7 Å². The summed E-state index contributed by atoms with van der Waals surface area (Å²) in [7, 11) is 1.30. The molecule has 42 heavy (non-hydrogen) atoms. The zero-order chi connectivity index (χ0) is 29.5. The van der Waals surface area contributed by atoms with Crippen molar-refractivity contribution in [1.82, 2.24) is 25.2 Å². The van der Waals surface area contributed by atoms with Gasteiger partial charge in [0.25, 0.3) is 0 Å². The summed E-state index contributed by atoms with van der Waals surface area (Å²) in [5.74, 6) is 0.438. The van der Waals surface area contributed by atoms with Crippen LogP contribution in [0.15, 0.2) is 42.6 Å². The molecule has 2 saturated heterocycles. The van der Waals surface area contributed by atoms with Crippen LogP contribution in [0.5, 0.6) is 11.8 Å². The zero-order valence-electron chi connectivity index (χ0n) is 23.6. The summed E-state index contributed by atoms with van der Waals surface area (Å²) in [6, 6.07) is 10.5. The molecule has 222 valence electrons. The highest BCUT2D eigenvalue weighted by Gasteiger charge is 2.47. The number of amides is 1. The van der Waals surface area contributed by atoms with E-state index in [-0.39, 0.29) is 28.9 Å². The van der Waals surface area contributed by atoms with Gasteiger partial charge in [-0.1, -0.05) is 6.07 Å². The standard InChI is InChI=1S/C30H33F3N6O3/c1-3-42-28-19(5-4-13-35-28)21-7-6-20-22(36-21)17-39(24-10-14-34-27(24)40)18-29(20)11-15-38(16-12-29)23-8-9-25(41-2)37-26(23)30(31,32)33/h4-9,13,24H,3,10-12,14-18H2,1-2H3,(H,34,40). The Morgan fingerprint density at radius 2 is 1.93 bits per heavy atom. The second-order valence-corrected chi connectivity index (χ2v) is 11.0. The molecule has 3 aliphatic rings. The Morgan fingerprint density at radius 3 is 2.62 bits per heavy atom. The molecule has 0 aromatic carbocycles. The molecule has 12 heteroatoms. The fourth-order valence-corrected chi connectivity index (χ4v) is 6.58. The fraction of sp³-hybridized carbons (Fsp3) is 0.467. The van der Waals surface area contributed by atoms with Gasteiger partial charge in [0.2, 0.25) is 17.7 Å². The second-order valence-electron chi connectivity index (χ2n) is 11.0. The molecular formula is C30H33F3N6O3. The lowest BCUT2D eigenvalue weighted by Gasteiger charge is -2.49. The highest BCUT2D eigenvalue weighted by Crippen LogP contribution is 2.45. The second kappa shape index (κ2) is 11.0. The van der Waals surface area contributed by atoms with E-state index in [1.54, 1.807) is 11.1 Å². The molecule has 2 fully saturated rings. The number of carbonyl (C=O) groups is 1. The molecule has 6 heterocycles. The van der Waals surface area contributed by atoms with Crippen molar-refractivity contribution in [2.75, 3.05) is 44.8 Å². The van der Waals surface area contributed by atoms with Gasteiger partial charge in [-0.2, -0.15) is 13.2 Å². The number of hydrogen-bond donors (Lipinski definition) is 1. The van der Waals surface area contributed by atoms with Crippen molar-refractivity contribution in [3.63, 3.8) is 0 Å². The van der Waals surface area contributed by atoms with Crippen molar-refractivity contribution in [2.24, 2.45) is 0 Å². The van der Waals surface area contributed by atoms with Crippen LogP contribution >= 0.6 is 0 Å². The largest absolute Gasteiger partial charge is 0.481 e. The minimum atomic E-state index is -4.62. The maximum Gasteiger partial charge on any atom is 0.435 e. The third-order valence-electron chi connectivity index (χ3n) is 8.58. The number of methoxy groups -OCH3 is 1. The van der Waals surface area contributed by atoms with E-state index in [9.17, 15) is 18.0 Å². The minimum Gasteiger partial charge on any atom is -0.481 e. The third kappa shape index (κ3) is 5.12. The lowest BCUT2D eigenvalue weighted by molar-refractivity contribution is -0.140. The molecule has 1 spiro atoms. The molecule has 6 rings (SSSR count). The minimum absolute atomic E-state index is 0.00667. The monoisotopic (exact) mass is 582 g/mol. The predicted octanol–water partition coefficient (Wildman–Crippen LogP) is 4.21. The number of rotatable bonds is 6. The molecule has 3 aliphatic heterocycles. The number of alkyl halides is 3. The van der Waals surface area contributed by atoms with Crippen LogP contribution in [0.3, 0.4) is 0 Å². The van der Waals surface area contributed by atoms with Crippen LogP contribution in [0.25, 0.3) is 11.3 Å². The summed E-state index contributed by atoms with van der Waals surface area (Å²) < 4.78 is 52.6. The highest BCUT2D eigenvalue weighted by molar-refractivity contribution is 5.83. The molecule has 3 aromatic rings. The first kappa shape index (κ1) is 28.2. The van der Waals surface area contributed by atoms with E-state index >= 15 is 0 Å². The van der Waals surface area contributed by atoms with Crippen molar-refractivity contribution in [2.45, 2.75) is 50.4 Å². The summed E-state index contributed by atoms with van der Waals surface area (Å²) in [5.41, 5.74) is 2.22. The lowest BCUT2D eigenvalue weighted by Crippen LogP contribution is -2.55. The van der Waals surface area contributed by atoms with Crippen molar-refractivity contribution < 1.29 is 27.4 Å². The number of halogens is 3. The smallest absolute Gasteiger partial charge is 0.435 e. The molecule has 3 aromatic heterocycles. The van der Waals surface area contributed by atoms with Crippen LogP contribution in [0.1, 0.15) is 43.1 Å². The summed E-state index contributed by atoms with van der Waals surface area (Å²) in [4.78, 5) is 29.9. The maximum atomic E-state index is 14.0. The van der Waals surface area contributed by atoms with E-state index in [4.69, 9.17) is 14.5 Å². The fourth-order valence-electron chi connectivity index (χ4n) is 6.58. The van der Waals surface area contributed by atoms with Gasteiger partial charge in [0, 0.05) is 50.4 Å². The van der Waals surface area contributed by atoms with Crippen LogP contribution < -0.4 is 19.7 Å². The number of nitrogens with zero attached hydrogens (tertiary/aromatic N) is 5. The van der Waals surface area contributed by atoms with E-state index in [0.717, 1.165) is 22.5 Å². The van der Waals surface area contributed by atoms with E-state index in [1.807, 2.05) is 25.1 Å². The van der Waals surface area contributed by atoms with Gasteiger partial charge < -0.3 is 19.7 Å². The number of anilines is 1. The Balaban J connectivity index is 1.35. The Bertz CT molecular complexity index is 1470. The molecule has 1 atom stereocenters. The normalized spacial score (nSPS) is 20.4.